The van der Waals surface area contributed by atoms with Crippen molar-refractivity contribution >= 4 is 17.7 Å². The second-order valence-corrected chi connectivity index (χ2v) is 24.6. The van der Waals surface area contributed by atoms with Gasteiger partial charge in [0.1, 0.15) is 183 Å². The highest BCUT2D eigenvalue weighted by molar-refractivity contribution is 5.74. The molecular weight excluding hydrogens is 1310 g/mol. The molecule has 0 aromatic rings. The van der Waals surface area contributed by atoms with Gasteiger partial charge in [-0.25, -0.2) is 0 Å². The van der Waals surface area contributed by atoms with Crippen LogP contribution in [0.15, 0.2) is 0 Å². The molecule has 8 heterocycles. The fourth-order valence-corrected chi connectivity index (χ4v) is 12.5. The Morgan fingerprint density at radius 1 is 0.292 bits per heavy atom. The second-order valence-electron chi connectivity index (χ2n) is 24.6. The van der Waals surface area contributed by atoms with Crippen molar-refractivity contribution in [2.45, 2.75) is 280 Å². The molecular formula is C54H91N3O39. The summed E-state index contributed by atoms with van der Waals surface area (Å²) < 4.78 is 87.2. The Balaban J connectivity index is 0.965. The Kier molecular flexibility index (Phi) is 27.7. The molecule has 0 aromatic heterocycles. The summed E-state index contributed by atoms with van der Waals surface area (Å²) in [6.45, 7) is -0.390. The van der Waals surface area contributed by atoms with E-state index < -0.39 is 303 Å². The van der Waals surface area contributed by atoms with E-state index in [1.54, 1.807) is 0 Å². The van der Waals surface area contributed by atoms with Crippen molar-refractivity contribution in [1.29, 1.82) is 0 Å². The predicted molar refractivity (Wildman–Crippen MR) is 296 cm³/mol. The van der Waals surface area contributed by atoms with Crippen LogP contribution in [0.25, 0.3) is 0 Å². The number of ether oxygens (including phenoxy) is 15. The standard InChI is InChI=1S/C54H91N3O39/c1-12-26(66)33(73)37(77)50(83-12)82-11-22-44(30(70)23(47(81)85-22)55-14(3)63)92-49-24(56-15(4)64)31(71)41(19(8-60)88-49)93-53-40(80)45(29(69)18(7-59)86-53)95-52-39(79)36(76)43(21(10-62)90-52)91-48-25(57-16(5)65)32(72)42(20(9-61)89-48)94-54-46(35(75)28(68)17(6-58)87-54)96-51-38(78)34(74)27(67)13(2)84-51/h12-13,17-54,58-62,66-81H,6-11H2,1-5H3,(H,55,63)(H,56,64)(H,57,65)/t12-,13-,17+,18+,19+,20+,21+,22+,23+,24+,25+,26+,27+,28-,29+,30+,31+,32+,33+,34+,35-,36+,37-,38-,39-,40-,41+,42+,43+,44+,45-,46+,47+,48-,49-,50+,51-,52+,53-,54-/m0/s1. The second kappa shape index (κ2) is 33.8. The monoisotopic (exact) mass is 1410 g/mol. The first-order valence-corrected chi connectivity index (χ1v) is 30.8. The van der Waals surface area contributed by atoms with Gasteiger partial charge in [0.15, 0.2) is 50.3 Å². The zero-order chi connectivity index (χ0) is 70.8. The van der Waals surface area contributed by atoms with Crippen LogP contribution in [-0.4, -0.2) is 410 Å². The minimum absolute atomic E-state index is 0.752. The van der Waals surface area contributed by atoms with Gasteiger partial charge in [-0.2, -0.15) is 0 Å². The lowest BCUT2D eigenvalue weighted by Crippen LogP contribution is -2.70. The van der Waals surface area contributed by atoms with E-state index in [9.17, 15) is 122 Å². The van der Waals surface area contributed by atoms with Crippen molar-refractivity contribution in [2.24, 2.45) is 0 Å². The molecule has 8 fully saturated rings. The highest BCUT2D eigenvalue weighted by atomic mass is 16.8. The van der Waals surface area contributed by atoms with Crippen molar-refractivity contribution in [3.63, 3.8) is 0 Å². The molecule has 8 aliphatic rings. The number of amides is 3. The molecule has 42 nitrogen and oxygen atoms in total. The topological polar surface area (TPSA) is 651 Å². The van der Waals surface area contributed by atoms with Crippen LogP contribution in [-0.2, 0) is 85.4 Å². The van der Waals surface area contributed by atoms with E-state index in [1.165, 1.54) is 13.8 Å². The Morgan fingerprint density at radius 2 is 0.615 bits per heavy atom. The van der Waals surface area contributed by atoms with E-state index >= 15 is 0 Å². The Hall–Kier alpha value is -3.03. The van der Waals surface area contributed by atoms with Crippen LogP contribution in [0.1, 0.15) is 34.6 Å². The molecule has 24 N–H and O–H groups in total. The van der Waals surface area contributed by atoms with Crippen LogP contribution in [0, 0.1) is 0 Å². The zero-order valence-electron chi connectivity index (χ0n) is 52.1. The molecule has 0 bridgehead atoms. The molecule has 0 radical (unpaired) electrons. The summed E-state index contributed by atoms with van der Waals surface area (Å²) in [5.41, 5.74) is 0. The van der Waals surface area contributed by atoms with Gasteiger partial charge in [-0.3, -0.25) is 14.4 Å². The average molecular weight is 1410 g/mol. The van der Waals surface area contributed by atoms with Crippen LogP contribution in [0.2, 0.25) is 0 Å². The van der Waals surface area contributed by atoms with Gasteiger partial charge in [-0.05, 0) is 13.8 Å². The van der Waals surface area contributed by atoms with E-state index in [0.717, 1.165) is 20.8 Å². The van der Waals surface area contributed by atoms with Gasteiger partial charge in [-0.1, -0.05) is 0 Å². The molecule has 8 saturated heterocycles. The normalized spacial score (nSPS) is 50.3. The van der Waals surface area contributed by atoms with Gasteiger partial charge in [0.25, 0.3) is 0 Å². The summed E-state index contributed by atoms with van der Waals surface area (Å²) in [4.78, 5) is 37.7. The summed E-state index contributed by atoms with van der Waals surface area (Å²) in [7, 11) is 0. The van der Waals surface area contributed by atoms with Crippen LogP contribution in [0.4, 0.5) is 0 Å². The van der Waals surface area contributed by atoms with Gasteiger partial charge < -0.3 is 194 Å². The number of aliphatic hydroxyl groups excluding tert-OH is 21. The molecule has 0 saturated carbocycles. The Bertz CT molecular complexity index is 2470. The molecule has 40 atom stereocenters. The summed E-state index contributed by atoms with van der Waals surface area (Å²) in [6.07, 6.45) is -69.8. The maximum absolute atomic E-state index is 12.8. The number of rotatable bonds is 23. The van der Waals surface area contributed by atoms with Crippen molar-refractivity contribution in [1.82, 2.24) is 16.0 Å². The van der Waals surface area contributed by atoms with Crippen LogP contribution in [0.5, 0.6) is 0 Å². The highest BCUT2D eigenvalue weighted by Gasteiger charge is 2.60. The number of carbonyl (C=O) groups excluding carboxylic acids is 3. The third kappa shape index (κ3) is 17.0. The third-order valence-electron chi connectivity index (χ3n) is 17.8. The van der Waals surface area contributed by atoms with Crippen LogP contribution < -0.4 is 16.0 Å². The van der Waals surface area contributed by atoms with E-state index in [1.807, 2.05) is 0 Å². The van der Waals surface area contributed by atoms with E-state index in [0.29, 0.717) is 0 Å². The molecule has 0 aromatic carbocycles. The summed E-state index contributed by atoms with van der Waals surface area (Å²) in [6, 6.07) is -5.28. The molecule has 0 spiro atoms. The first-order valence-electron chi connectivity index (χ1n) is 30.8. The number of hydrogen-bond acceptors (Lipinski definition) is 39. The van der Waals surface area contributed by atoms with Crippen LogP contribution in [0.3, 0.4) is 0 Å². The Morgan fingerprint density at radius 3 is 1.10 bits per heavy atom. The summed E-state index contributed by atoms with van der Waals surface area (Å²) >= 11 is 0. The summed E-state index contributed by atoms with van der Waals surface area (Å²) in [5, 5.41) is 237. The molecule has 556 valence electrons. The molecule has 42 heteroatoms. The fraction of sp³-hybridized carbons (Fsp3) is 0.944. The molecule has 8 aliphatic heterocycles. The SMILES string of the molecule is CC(=O)N[C@@H]1[C@@H](O)[C@H](O[C@@H]2O[C@H](CO)[C@@H](O[C@@H]3O[C@H](CO)[C@@H](O)[C@H](O[C@H]4O[C@H](CO)[C@@H](O[C@@H]5O[C@H](CO)[C@@H](O[C@@H]6O[C@H](CO)[C@H](O)[C@H](O)[C@H]6O[C@@H]6O[C@@H](C)[C@@H](O)[C@@H](O)[C@@H]6O)[C@H](O)[C@H]5NC(C)=O)[C@H](O)[C@@H]4O)[C@@H]3O)[C@H](O)[C@H]2NC(C)=O)[C@@H](CO[C@@H]2O[C@@H](C)[C@@H](O)[C@@H](O)[C@@H]2O)O[C@H]1O. The largest absolute Gasteiger partial charge is 0.394 e. The van der Waals surface area contributed by atoms with E-state index in [4.69, 9.17) is 71.1 Å². The first-order chi connectivity index (χ1) is 45.3. The minimum Gasteiger partial charge on any atom is -0.394 e. The molecule has 0 unspecified atom stereocenters. The lowest BCUT2D eigenvalue weighted by molar-refractivity contribution is -0.394. The van der Waals surface area contributed by atoms with Gasteiger partial charge in [0, 0.05) is 20.8 Å². The quantitative estimate of drug-likeness (QED) is 0.0452. The summed E-state index contributed by atoms with van der Waals surface area (Å²) in [5.74, 6) is -2.52. The highest BCUT2D eigenvalue weighted by Crippen LogP contribution is 2.39. The van der Waals surface area contributed by atoms with Gasteiger partial charge in [0.2, 0.25) is 17.7 Å². The predicted octanol–water partition coefficient (Wildman–Crippen LogP) is -16.0. The molecule has 96 heavy (non-hydrogen) atoms. The number of nitrogens with one attached hydrogen (secondary N) is 3. The van der Waals surface area contributed by atoms with Crippen molar-refractivity contribution < 1.29 is 193 Å². The van der Waals surface area contributed by atoms with E-state index in [2.05, 4.69) is 16.0 Å². The maximum Gasteiger partial charge on any atom is 0.217 e. The third-order valence-corrected chi connectivity index (χ3v) is 17.8. The zero-order valence-corrected chi connectivity index (χ0v) is 52.1. The number of carbonyl (C=O) groups is 3. The van der Waals surface area contributed by atoms with Gasteiger partial charge >= 0.3 is 0 Å². The Labute approximate surface area is 545 Å². The molecule has 8 rings (SSSR count). The lowest BCUT2D eigenvalue weighted by atomic mass is 9.93. The van der Waals surface area contributed by atoms with Gasteiger partial charge in [-0.15, -0.1) is 0 Å². The number of aliphatic hydroxyl groups is 21. The molecule has 0 aliphatic carbocycles. The van der Waals surface area contributed by atoms with Crippen molar-refractivity contribution in [3.05, 3.63) is 0 Å². The first kappa shape index (κ1) is 78.7. The fourth-order valence-electron chi connectivity index (χ4n) is 12.5. The van der Waals surface area contributed by atoms with Crippen molar-refractivity contribution in [3.8, 4) is 0 Å². The number of hydrogen-bond donors (Lipinski definition) is 24. The van der Waals surface area contributed by atoms with Crippen molar-refractivity contribution in [2.75, 3.05) is 39.6 Å². The maximum atomic E-state index is 12.8. The van der Waals surface area contributed by atoms with Crippen LogP contribution >= 0.6 is 0 Å². The van der Waals surface area contributed by atoms with Gasteiger partial charge in [0.05, 0.1) is 51.8 Å². The average Bonchev–Trinajstić information content (AvgIpc) is 0.775. The smallest absolute Gasteiger partial charge is 0.217 e. The van der Waals surface area contributed by atoms with E-state index in [-0.39, 0.29) is 0 Å². The lowest BCUT2D eigenvalue weighted by Gasteiger charge is -2.51. The minimum atomic E-state index is -2.33. The molecule has 3 amide bonds.